The van der Waals surface area contributed by atoms with Crippen molar-refractivity contribution in [3.63, 3.8) is 0 Å². The second kappa shape index (κ2) is 9.54. The minimum atomic E-state index is 0.518. The largest absolute Gasteiger partial charge is 0.344 e. The maximum absolute atomic E-state index is 5.63. The Kier molecular flexibility index (Phi) is 8.03. The molecule has 2 aromatic carbocycles. The zero-order chi connectivity index (χ0) is 17.7. The molecule has 0 saturated carbocycles. The van der Waals surface area contributed by atoms with Crippen LogP contribution in [0.25, 0.3) is 10.8 Å². The highest BCUT2D eigenvalue weighted by molar-refractivity contribution is 7.83. The van der Waals surface area contributed by atoms with E-state index in [1.165, 1.54) is 0 Å². The maximum atomic E-state index is 5.63. The van der Waals surface area contributed by atoms with Crippen LogP contribution in [0.15, 0.2) is 36.4 Å². The molecule has 0 aliphatic rings. The molecule has 0 radical (unpaired) electrons. The van der Waals surface area contributed by atoms with Gasteiger partial charge in [0.2, 0.25) is 0 Å². The van der Waals surface area contributed by atoms with Crippen molar-refractivity contribution in [2.75, 3.05) is 23.5 Å². The molecule has 0 fully saturated rings. The van der Waals surface area contributed by atoms with Crippen molar-refractivity contribution in [1.82, 2.24) is 9.80 Å². The average molecular weight is 431 g/mol. The van der Waals surface area contributed by atoms with Gasteiger partial charge in [-0.15, -0.1) is 0 Å². The van der Waals surface area contributed by atoms with Crippen LogP contribution in [0.3, 0.4) is 0 Å². The smallest absolute Gasteiger partial charge is 0.111 e. The first-order chi connectivity index (χ1) is 11.6. The third-order valence-corrected chi connectivity index (χ3v) is 5.96. The standard InChI is InChI=1S/C16H18N2S6/c19-7-17(8-20)15(23)13-5-6-14(16(24)18(9-21)10-22)12-4-2-1-3-11(12)13/h1-6,19-22H,7-10H2. The summed E-state index contributed by atoms with van der Waals surface area (Å²) in [5.74, 6) is 2.07. The molecule has 2 nitrogen and oxygen atoms in total. The average Bonchev–Trinajstić information content (AvgIpc) is 2.62. The summed E-state index contributed by atoms with van der Waals surface area (Å²) >= 11 is 28.6. The van der Waals surface area contributed by atoms with Crippen LogP contribution in [0.2, 0.25) is 0 Å². The number of nitrogens with zero attached hydrogens (tertiary/aromatic N) is 2. The highest BCUT2D eigenvalue weighted by Gasteiger charge is 2.17. The van der Waals surface area contributed by atoms with E-state index in [-0.39, 0.29) is 0 Å². The van der Waals surface area contributed by atoms with Crippen molar-refractivity contribution in [2.24, 2.45) is 0 Å². The molecular weight excluding hydrogens is 413 g/mol. The third kappa shape index (κ3) is 4.16. The predicted octanol–water partition coefficient (Wildman–Crippen LogP) is 4.34. The second-order valence-electron chi connectivity index (χ2n) is 4.96. The SMILES string of the molecule is S=C(c1ccc(C(=S)N(CS)CS)c2ccccc12)N(CS)CS. The molecule has 2 aromatic rings. The number of hydrogen-bond acceptors (Lipinski definition) is 6. The van der Waals surface area contributed by atoms with Gasteiger partial charge in [0.1, 0.15) is 9.98 Å². The van der Waals surface area contributed by atoms with Crippen LogP contribution < -0.4 is 0 Å². The van der Waals surface area contributed by atoms with Gasteiger partial charge in [-0.3, -0.25) is 0 Å². The van der Waals surface area contributed by atoms with Crippen molar-refractivity contribution in [3.05, 3.63) is 47.5 Å². The van der Waals surface area contributed by atoms with Crippen molar-refractivity contribution in [1.29, 1.82) is 0 Å². The Hall–Kier alpha value is -0.120. The van der Waals surface area contributed by atoms with Crippen molar-refractivity contribution in [2.45, 2.75) is 0 Å². The van der Waals surface area contributed by atoms with Crippen LogP contribution in [0.5, 0.6) is 0 Å². The van der Waals surface area contributed by atoms with E-state index in [2.05, 4.69) is 62.6 Å². The lowest BCUT2D eigenvalue weighted by molar-refractivity contribution is 0.593. The van der Waals surface area contributed by atoms with Crippen molar-refractivity contribution in [3.8, 4) is 0 Å². The normalized spacial score (nSPS) is 10.7. The van der Waals surface area contributed by atoms with Crippen LogP contribution in [0.1, 0.15) is 11.1 Å². The summed E-state index contributed by atoms with van der Waals surface area (Å²) in [6, 6.07) is 12.2. The third-order valence-electron chi connectivity index (χ3n) is 3.64. The molecule has 0 saturated heterocycles. The summed E-state index contributed by atoms with van der Waals surface area (Å²) < 4.78 is 0. The lowest BCUT2D eigenvalue weighted by Crippen LogP contribution is -2.29. The van der Waals surface area contributed by atoms with E-state index in [0.29, 0.717) is 23.5 Å². The van der Waals surface area contributed by atoms with Crippen LogP contribution in [-0.4, -0.2) is 43.3 Å². The van der Waals surface area contributed by atoms with Gasteiger partial charge < -0.3 is 9.80 Å². The minimum absolute atomic E-state index is 0.518. The monoisotopic (exact) mass is 430 g/mol. The lowest BCUT2D eigenvalue weighted by Gasteiger charge is -2.24. The first-order valence-electron chi connectivity index (χ1n) is 7.12. The molecule has 0 bridgehead atoms. The fourth-order valence-corrected chi connectivity index (χ4v) is 4.64. The van der Waals surface area contributed by atoms with Crippen molar-refractivity contribution < 1.29 is 0 Å². The van der Waals surface area contributed by atoms with Crippen LogP contribution in [0.4, 0.5) is 0 Å². The van der Waals surface area contributed by atoms with Gasteiger partial charge in [-0.25, -0.2) is 0 Å². The summed E-state index contributed by atoms with van der Waals surface area (Å²) in [6.45, 7) is 0. The summed E-state index contributed by atoms with van der Waals surface area (Å²) in [5, 5.41) is 2.13. The summed E-state index contributed by atoms with van der Waals surface area (Å²) in [7, 11) is 0. The summed E-state index contributed by atoms with van der Waals surface area (Å²) in [4.78, 5) is 5.31. The van der Waals surface area contributed by atoms with E-state index in [9.17, 15) is 0 Å². The van der Waals surface area contributed by atoms with E-state index in [1.54, 1.807) is 0 Å². The number of thiocarbonyl (C=S) groups is 2. The van der Waals surface area contributed by atoms with E-state index in [4.69, 9.17) is 24.4 Å². The summed E-state index contributed by atoms with van der Waals surface area (Å²) in [5.41, 5.74) is 1.97. The minimum Gasteiger partial charge on any atom is -0.344 e. The second-order valence-corrected chi connectivity index (χ2v) is 6.87. The highest BCUT2D eigenvalue weighted by Crippen LogP contribution is 2.26. The van der Waals surface area contributed by atoms with Gasteiger partial charge in [0.15, 0.2) is 0 Å². The molecule has 0 aliphatic carbocycles. The molecule has 2 rings (SSSR count). The zero-order valence-corrected chi connectivity index (χ0v) is 18.0. The number of thiol groups is 4. The number of benzene rings is 2. The van der Waals surface area contributed by atoms with Gasteiger partial charge in [0.25, 0.3) is 0 Å². The fourth-order valence-electron chi connectivity index (χ4n) is 2.36. The van der Waals surface area contributed by atoms with Crippen LogP contribution in [0, 0.1) is 0 Å². The number of hydrogen-bond donors (Lipinski definition) is 4. The first-order valence-corrected chi connectivity index (χ1v) is 10.5. The van der Waals surface area contributed by atoms with Gasteiger partial charge in [-0.05, 0) is 10.8 Å². The Morgan fingerprint density at radius 3 is 1.29 bits per heavy atom. The highest BCUT2D eigenvalue weighted by atomic mass is 32.1. The maximum Gasteiger partial charge on any atom is 0.111 e. The molecular formula is C16H18N2S6. The first kappa shape index (κ1) is 20.2. The number of fused-ring (bicyclic) bond motifs is 1. The van der Waals surface area contributed by atoms with Gasteiger partial charge in [0.05, 0.1) is 23.5 Å². The van der Waals surface area contributed by atoms with E-state index in [0.717, 1.165) is 31.9 Å². The molecule has 0 spiro atoms. The molecule has 0 aliphatic heterocycles. The molecule has 128 valence electrons. The van der Waals surface area contributed by atoms with E-state index >= 15 is 0 Å². The number of rotatable bonds is 6. The molecule has 0 atom stereocenters. The molecule has 0 heterocycles. The van der Waals surface area contributed by atoms with Gasteiger partial charge in [0, 0.05) is 11.1 Å². The zero-order valence-electron chi connectivity index (χ0n) is 12.8. The predicted molar refractivity (Wildman–Crippen MR) is 126 cm³/mol. The fraction of sp³-hybridized carbons (Fsp3) is 0.250. The quantitative estimate of drug-likeness (QED) is 0.307. The Balaban J connectivity index is 2.59. The van der Waals surface area contributed by atoms with E-state index in [1.807, 2.05) is 34.1 Å². The molecule has 0 unspecified atom stereocenters. The molecule has 0 N–H and O–H groups in total. The topological polar surface area (TPSA) is 6.48 Å². The van der Waals surface area contributed by atoms with E-state index < -0.39 is 0 Å². The van der Waals surface area contributed by atoms with Crippen LogP contribution in [-0.2, 0) is 0 Å². The summed E-state index contributed by atoms with van der Waals surface area (Å²) in [6.07, 6.45) is 0. The molecule has 8 heteroatoms. The van der Waals surface area contributed by atoms with Crippen molar-refractivity contribution >= 4 is 95.7 Å². The van der Waals surface area contributed by atoms with Gasteiger partial charge in [-0.1, -0.05) is 60.8 Å². The van der Waals surface area contributed by atoms with Gasteiger partial charge in [-0.2, -0.15) is 50.5 Å². The Morgan fingerprint density at radius 1 is 0.667 bits per heavy atom. The Bertz CT molecular complexity index is 678. The van der Waals surface area contributed by atoms with Crippen LogP contribution >= 0.6 is 75.0 Å². The lowest BCUT2D eigenvalue weighted by atomic mass is 9.99. The Morgan fingerprint density at radius 2 is 1.00 bits per heavy atom. The Labute approximate surface area is 175 Å². The van der Waals surface area contributed by atoms with Gasteiger partial charge >= 0.3 is 0 Å². The molecule has 0 amide bonds. The molecule has 0 aromatic heterocycles. The molecule has 24 heavy (non-hydrogen) atoms.